The van der Waals surface area contributed by atoms with Crippen LogP contribution in [-0.2, 0) is 6.54 Å². The van der Waals surface area contributed by atoms with Gasteiger partial charge >= 0.3 is 0 Å². The summed E-state index contributed by atoms with van der Waals surface area (Å²) < 4.78 is 1.62. The van der Waals surface area contributed by atoms with Gasteiger partial charge in [0.2, 0.25) is 0 Å². The van der Waals surface area contributed by atoms with E-state index in [0.717, 1.165) is 11.3 Å². The number of aryl methyl sites for hydroxylation is 3. The summed E-state index contributed by atoms with van der Waals surface area (Å²) in [4.78, 5) is 12.3. The highest BCUT2D eigenvalue weighted by Crippen LogP contribution is 2.22. The predicted molar refractivity (Wildman–Crippen MR) is 76.8 cm³/mol. The van der Waals surface area contributed by atoms with E-state index in [1.54, 1.807) is 11.6 Å². The van der Waals surface area contributed by atoms with Crippen molar-refractivity contribution in [3.8, 4) is 0 Å². The number of benzene rings is 1. The van der Waals surface area contributed by atoms with Crippen LogP contribution in [0, 0.1) is 13.8 Å². The van der Waals surface area contributed by atoms with Gasteiger partial charge in [-0.25, -0.2) is 0 Å². The van der Waals surface area contributed by atoms with Crippen LogP contribution >= 0.6 is 11.6 Å². The first kappa shape index (κ1) is 13.6. The van der Waals surface area contributed by atoms with E-state index in [1.807, 2.05) is 38.1 Å². The lowest BCUT2D eigenvalue weighted by atomic mass is 10.2. The molecule has 0 unspecified atom stereocenters. The maximum Gasteiger partial charge on any atom is 0.275 e. The smallest absolute Gasteiger partial charge is 0.275 e. The van der Waals surface area contributed by atoms with E-state index in [2.05, 4.69) is 10.4 Å². The molecule has 0 bridgehead atoms. The topological polar surface area (TPSA) is 46.9 Å². The highest BCUT2D eigenvalue weighted by molar-refractivity contribution is 6.34. The number of hydrogen-bond donors (Lipinski definition) is 1. The molecule has 1 N–H and O–H groups in total. The molecule has 0 aliphatic rings. The van der Waals surface area contributed by atoms with Crippen molar-refractivity contribution < 1.29 is 4.79 Å². The van der Waals surface area contributed by atoms with Crippen LogP contribution in [0.5, 0.6) is 0 Å². The van der Waals surface area contributed by atoms with Gasteiger partial charge in [0.15, 0.2) is 0 Å². The minimum absolute atomic E-state index is 0.234. The van der Waals surface area contributed by atoms with Gasteiger partial charge in [0, 0.05) is 12.2 Å². The highest BCUT2D eigenvalue weighted by atomic mass is 35.5. The molecule has 0 atom stereocenters. The molecule has 0 aliphatic heterocycles. The molecule has 1 aromatic heterocycles. The van der Waals surface area contributed by atoms with Crippen LogP contribution < -0.4 is 5.32 Å². The summed E-state index contributed by atoms with van der Waals surface area (Å²) in [6.07, 6.45) is 0. The van der Waals surface area contributed by atoms with Crippen molar-refractivity contribution in [1.82, 2.24) is 9.78 Å². The lowest BCUT2D eigenvalue weighted by molar-refractivity contribution is 0.101. The molecule has 1 amide bonds. The number of aromatic nitrogens is 2. The molecule has 1 heterocycles. The van der Waals surface area contributed by atoms with Crippen LogP contribution in [0.1, 0.15) is 28.7 Å². The predicted octanol–water partition coefficient (Wildman–Crippen LogP) is 3.43. The number of nitrogens with one attached hydrogen (secondary N) is 1. The monoisotopic (exact) mass is 277 g/mol. The fourth-order valence-corrected chi connectivity index (χ4v) is 2.12. The van der Waals surface area contributed by atoms with Gasteiger partial charge in [-0.05, 0) is 32.4 Å². The molecular formula is C14H16ClN3O. The molecule has 0 radical (unpaired) electrons. The Morgan fingerprint density at radius 2 is 2.05 bits per heavy atom. The largest absolute Gasteiger partial charge is 0.320 e. The van der Waals surface area contributed by atoms with Gasteiger partial charge in [-0.15, -0.1) is 0 Å². The van der Waals surface area contributed by atoms with E-state index in [-0.39, 0.29) is 5.91 Å². The molecule has 5 heteroatoms. The van der Waals surface area contributed by atoms with Gasteiger partial charge in [-0.3, -0.25) is 9.48 Å². The molecule has 0 saturated carbocycles. The summed E-state index contributed by atoms with van der Waals surface area (Å²) in [7, 11) is 0. The molecule has 0 spiro atoms. The Bertz CT molecular complexity index is 619. The second kappa shape index (κ2) is 5.45. The first-order valence-electron chi connectivity index (χ1n) is 6.14. The lowest BCUT2D eigenvalue weighted by Crippen LogP contribution is -2.18. The van der Waals surface area contributed by atoms with Crippen molar-refractivity contribution in [3.05, 3.63) is 46.2 Å². The Kier molecular flexibility index (Phi) is 3.90. The standard InChI is InChI=1S/C14H16ClN3O/c1-4-18-13(12(15)10(3)17-18)14(19)16-11-8-6-5-7-9(11)2/h5-8H,4H2,1-3H3,(H,16,19). The van der Waals surface area contributed by atoms with Gasteiger partial charge in [0.25, 0.3) is 5.91 Å². The molecule has 1 aromatic carbocycles. The Labute approximate surface area is 117 Å². The number of hydrogen-bond acceptors (Lipinski definition) is 2. The van der Waals surface area contributed by atoms with Crippen molar-refractivity contribution in [3.63, 3.8) is 0 Å². The minimum Gasteiger partial charge on any atom is -0.320 e. The number of rotatable bonds is 3. The third-order valence-corrected chi connectivity index (χ3v) is 3.41. The molecule has 2 rings (SSSR count). The van der Waals surface area contributed by atoms with Crippen LogP contribution in [-0.4, -0.2) is 15.7 Å². The van der Waals surface area contributed by atoms with Crippen LogP contribution in [0.25, 0.3) is 0 Å². The maximum absolute atomic E-state index is 12.3. The van der Waals surface area contributed by atoms with Crippen LogP contribution in [0.15, 0.2) is 24.3 Å². The van der Waals surface area contributed by atoms with Gasteiger partial charge in [0.1, 0.15) is 5.69 Å². The van der Waals surface area contributed by atoms with E-state index < -0.39 is 0 Å². The average molecular weight is 278 g/mol. The van der Waals surface area contributed by atoms with Gasteiger partial charge in [-0.2, -0.15) is 5.10 Å². The second-order valence-corrected chi connectivity index (χ2v) is 4.71. The molecule has 0 fully saturated rings. The first-order valence-corrected chi connectivity index (χ1v) is 6.52. The third kappa shape index (κ3) is 2.63. The van der Waals surface area contributed by atoms with E-state index >= 15 is 0 Å². The maximum atomic E-state index is 12.3. The van der Waals surface area contributed by atoms with Crippen molar-refractivity contribution >= 4 is 23.2 Å². The average Bonchev–Trinajstić information content (AvgIpc) is 2.68. The number of halogens is 1. The van der Waals surface area contributed by atoms with Crippen molar-refractivity contribution in [1.29, 1.82) is 0 Å². The minimum atomic E-state index is -0.234. The summed E-state index contributed by atoms with van der Waals surface area (Å²) in [6.45, 7) is 6.26. The molecule has 0 aliphatic carbocycles. The molecule has 100 valence electrons. The first-order chi connectivity index (χ1) is 9.04. The highest BCUT2D eigenvalue weighted by Gasteiger charge is 2.20. The van der Waals surface area contributed by atoms with Gasteiger partial charge < -0.3 is 5.32 Å². The zero-order valence-electron chi connectivity index (χ0n) is 11.2. The summed E-state index contributed by atoms with van der Waals surface area (Å²) in [5.41, 5.74) is 2.86. The number of carbonyl (C=O) groups is 1. The summed E-state index contributed by atoms with van der Waals surface area (Å²) in [5.74, 6) is -0.234. The number of carbonyl (C=O) groups excluding carboxylic acids is 1. The van der Waals surface area contributed by atoms with Crippen molar-refractivity contribution in [2.45, 2.75) is 27.3 Å². The fourth-order valence-electron chi connectivity index (χ4n) is 1.90. The molecule has 19 heavy (non-hydrogen) atoms. The SMILES string of the molecule is CCn1nc(C)c(Cl)c1C(=O)Nc1ccccc1C. The summed E-state index contributed by atoms with van der Waals surface area (Å²) in [6, 6.07) is 7.62. The van der Waals surface area contributed by atoms with Crippen molar-refractivity contribution in [2.75, 3.05) is 5.32 Å². The number of nitrogens with zero attached hydrogens (tertiary/aromatic N) is 2. The Balaban J connectivity index is 2.33. The van der Waals surface area contributed by atoms with E-state index in [4.69, 9.17) is 11.6 Å². The fraction of sp³-hybridized carbons (Fsp3) is 0.286. The number of amides is 1. The third-order valence-electron chi connectivity index (χ3n) is 2.96. The summed E-state index contributed by atoms with van der Waals surface area (Å²) >= 11 is 6.15. The Morgan fingerprint density at radius 1 is 1.37 bits per heavy atom. The zero-order chi connectivity index (χ0) is 14.0. The van der Waals surface area contributed by atoms with E-state index in [9.17, 15) is 4.79 Å². The lowest BCUT2D eigenvalue weighted by Gasteiger charge is -2.09. The van der Waals surface area contributed by atoms with Gasteiger partial charge in [0.05, 0.1) is 10.7 Å². The van der Waals surface area contributed by atoms with Crippen LogP contribution in [0.2, 0.25) is 5.02 Å². The molecule has 0 saturated heterocycles. The Morgan fingerprint density at radius 3 is 2.68 bits per heavy atom. The number of anilines is 1. The Hall–Kier alpha value is -1.81. The molecule has 2 aromatic rings. The van der Waals surface area contributed by atoms with E-state index in [1.165, 1.54) is 0 Å². The van der Waals surface area contributed by atoms with Gasteiger partial charge in [-0.1, -0.05) is 29.8 Å². The van der Waals surface area contributed by atoms with E-state index in [0.29, 0.717) is 23.0 Å². The molecular weight excluding hydrogens is 262 g/mol. The van der Waals surface area contributed by atoms with Crippen molar-refractivity contribution in [2.24, 2.45) is 0 Å². The van der Waals surface area contributed by atoms with Crippen LogP contribution in [0.3, 0.4) is 0 Å². The number of para-hydroxylation sites is 1. The summed E-state index contributed by atoms with van der Waals surface area (Å²) in [5, 5.41) is 7.52. The normalized spacial score (nSPS) is 10.5. The quantitative estimate of drug-likeness (QED) is 0.934. The van der Waals surface area contributed by atoms with Crippen LogP contribution in [0.4, 0.5) is 5.69 Å². The zero-order valence-corrected chi connectivity index (χ0v) is 12.0. The second-order valence-electron chi connectivity index (χ2n) is 4.33. The molecule has 4 nitrogen and oxygen atoms in total.